The number of benzene rings is 1. The van der Waals surface area contributed by atoms with Gasteiger partial charge in [-0.1, -0.05) is 42.8 Å². The molecular formula is C35H45ClN4O7S. The number of epoxide rings is 1. The lowest BCUT2D eigenvalue weighted by Gasteiger charge is -2.45. The number of rotatable bonds is 4. The lowest BCUT2D eigenvalue weighted by molar-refractivity contribution is -0.143. The number of carbonyl (C=O) groups is 2. The minimum Gasteiger partial charge on any atom is -0.482 e. The van der Waals surface area contributed by atoms with Crippen molar-refractivity contribution in [1.29, 1.82) is 0 Å². The fourth-order valence-electron chi connectivity index (χ4n) is 7.79. The van der Waals surface area contributed by atoms with E-state index >= 15 is 0 Å². The second kappa shape index (κ2) is 13.6. The summed E-state index contributed by atoms with van der Waals surface area (Å²) in [4.78, 5) is 30.8. The van der Waals surface area contributed by atoms with Crippen molar-refractivity contribution < 1.29 is 33.0 Å². The standard InChI is InChI=1S/C35H45ClN4O7S/c1-3-37-48(45,46)38-33(43)35(44)20-31(42)39(2)17-5-4-8-29(41)27-12-9-24(27)21-40-18-15-25(35)10-14-30-32(47-30)34(22-40)16-6-7-23-19-26(36)11-13-28(23)34/h4,8,10-11,13-15,18-19,24,27,29,32,37,41,44H,3,5-7,9,12,16-17,20-22H2,1-2H3,(H,38,43)/b8-4+,18-15?,25-10?,30-14?/t24-,27+,29-,32?,34+,35+/m0/s1. The molecule has 1 aromatic rings. The number of aryl methyl sites for hydroxylation is 1. The predicted molar refractivity (Wildman–Crippen MR) is 182 cm³/mol. The Hall–Kier alpha value is -3.16. The number of ether oxygens (including phenoxy) is 1. The van der Waals surface area contributed by atoms with Gasteiger partial charge in [0.05, 0.1) is 17.9 Å². The summed E-state index contributed by atoms with van der Waals surface area (Å²) in [5.74, 6) is -0.869. The number of nitrogens with zero attached hydrogens (tertiary/aromatic N) is 2. The highest BCUT2D eigenvalue weighted by Gasteiger charge is 2.56. The molecule has 11 nitrogen and oxygen atoms in total. The summed E-state index contributed by atoms with van der Waals surface area (Å²) >= 11 is 6.43. The van der Waals surface area contributed by atoms with Crippen LogP contribution in [-0.2, 0) is 36.4 Å². The van der Waals surface area contributed by atoms with Crippen molar-refractivity contribution >= 4 is 33.6 Å². The first-order valence-corrected chi connectivity index (χ1v) is 18.6. The van der Waals surface area contributed by atoms with Gasteiger partial charge in [0.25, 0.3) is 5.91 Å². The van der Waals surface area contributed by atoms with E-state index < -0.39 is 45.6 Å². The third-order valence-electron chi connectivity index (χ3n) is 10.6. The van der Waals surface area contributed by atoms with E-state index in [9.17, 15) is 28.2 Å². The topological polar surface area (TPSA) is 152 Å². The Morgan fingerprint density at radius 2 is 2.04 bits per heavy atom. The summed E-state index contributed by atoms with van der Waals surface area (Å²) in [6, 6.07) is 6.04. The molecule has 13 heteroatoms. The van der Waals surface area contributed by atoms with Gasteiger partial charge in [-0.25, -0.2) is 4.72 Å². The van der Waals surface area contributed by atoms with Crippen molar-refractivity contribution in [2.24, 2.45) is 11.8 Å². The van der Waals surface area contributed by atoms with Gasteiger partial charge in [0.15, 0.2) is 11.7 Å². The van der Waals surface area contributed by atoms with Gasteiger partial charge in [0.2, 0.25) is 5.91 Å². The molecule has 0 radical (unpaired) electrons. The van der Waals surface area contributed by atoms with E-state index in [-0.39, 0.29) is 36.6 Å². The van der Waals surface area contributed by atoms with E-state index in [1.54, 1.807) is 38.3 Å². The second-order valence-corrected chi connectivity index (χ2v) is 15.7. The molecule has 1 saturated carbocycles. The van der Waals surface area contributed by atoms with Crippen LogP contribution in [0.2, 0.25) is 5.02 Å². The first kappa shape index (κ1) is 34.7. The first-order valence-electron chi connectivity index (χ1n) is 16.8. The Balaban J connectivity index is 1.47. The predicted octanol–water partition coefficient (Wildman–Crippen LogP) is 2.85. The minimum absolute atomic E-state index is 0.0204. The zero-order chi connectivity index (χ0) is 34.3. The van der Waals surface area contributed by atoms with E-state index in [0.717, 1.165) is 32.1 Å². The molecule has 2 bridgehead atoms. The number of nitrogens with one attached hydrogen (secondary N) is 2. The maximum Gasteiger partial charge on any atom is 0.301 e. The van der Waals surface area contributed by atoms with E-state index in [2.05, 4.69) is 15.7 Å². The lowest BCUT2D eigenvalue weighted by atomic mass is 9.66. The van der Waals surface area contributed by atoms with Gasteiger partial charge in [-0.2, -0.15) is 13.1 Å². The van der Waals surface area contributed by atoms with Gasteiger partial charge in [-0.05, 0) is 97.5 Å². The van der Waals surface area contributed by atoms with E-state index in [1.165, 1.54) is 16.0 Å². The third-order valence-corrected chi connectivity index (χ3v) is 12.0. The molecule has 6 atom stereocenters. The zero-order valence-electron chi connectivity index (χ0n) is 27.4. The number of amides is 2. The average Bonchev–Trinajstić information content (AvgIpc) is 3.80. The molecule has 1 spiro atoms. The van der Waals surface area contributed by atoms with Crippen LogP contribution >= 0.6 is 11.6 Å². The van der Waals surface area contributed by atoms with E-state index in [0.29, 0.717) is 30.3 Å². The van der Waals surface area contributed by atoms with Crippen molar-refractivity contribution in [2.75, 3.05) is 33.2 Å². The molecule has 260 valence electrons. The number of fused-ring (bicyclic) bond motifs is 7. The quantitative estimate of drug-likeness (QED) is 0.277. The summed E-state index contributed by atoms with van der Waals surface area (Å²) in [6.07, 6.45) is 13.8. The van der Waals surface area contributed by atoms with Crippen LogP contribution in [0.15, 0.2) is 66.1 Å². The van der Waals surface area contributed by atoms with Crippen molar-refractivity contribution in [3.05, 3.63) is 82.3 Å². The fourth-order valence-corrected chi connectivity index (χ4v) is 8.85. The molecule has 1 aromatic carbocycles. The summed E-state index contributed by atoms with van der Waals surface area (Å²) < 4.78 is 35.7. The van der Waals surface area contributed by atoms with Gasteiger partial charge in [-0.3, -0.25) is 9.59 Å². The van der Waals surface area contributed by atoms with Crippen LogP contribution in [0.3, 0.4) is 0 Å². The maximum absolute atomic E-state index is 13.7. The number of halogens is 1. The lowest BCUT2D eigenvalue weighted by Crippen LogP contribution is -2.54. The third kappa shape index (κ3) is 6.96. The van der Waals surface area contributed by atoms with Gasteiger partial charge in [-0.15, -0.1) is 0 Å². The SMILES string of the molecule is CCNS(=O)(=O)NC(=O)[C@@]1(O)CC(=O)N(C)CC/C=C/[C@H](O)[C@@H]2CC[C@H]2CN2C=CC1=CC=C1OC1[C@]1(CCCc3cc(Cl)ccc31)C2. The Bertz CT molecular complexity index is 1680. The van der Waals surface area contributed by atoms with E-state index in [4.69, 9.17) is 16.3 Å². The van der Waals surface area contributed by atoms with Crippen LogP contribution in [0.4, 0.5) is 0 Å². The van der Waals surface area contributed by atoms with Gasteiger partial charge >= 0.3 is 10.2 Å². The number of allylic oxidation sites excluding steroid dienone is 2. The molecule has 6 rings (SSSR count). The van der Waals surface area contributed by atoms with Crippen molar-refractivity contribution in [2.45, 2.75) is 75.1 Å². The molecule has 3 aliphatic heterocycles. The van der Waals surface area contributed by atoms with Crippen LogP contribution in [-0.4, -0.2) is 91.3 Å². The van der Waals surface area contributed by atoms with Crippen LogP contribution in [0.1, 0.15) is 56.6 Å². The number of hydrogen-bond acceptors (Lipinski definition) is 8. The summed E-state index contributed by atoms with van der Waals surface area (Å²) in [6.45, 7) is 3.03. The van der Waals surface area contributed by atoms with Crippen LogP contribution < -0.4 is 9.44 Å². The molecule has 48 heavy (non-hydrogen) atoms. The number of carbonyl (C=O) groups excluding carboxylic acids is 2. The maximum atomic E-state index is 13.7. The highest BCUT2D eigenvalue weighted by Crippen LogP contribution is 2.52. The number of aliphatic hydroxyl groups excluding tert-OH is 1. The first-order chi connectivity index (χ1) is 22.8. The summed E-state index contributed by atoms with van der Waals surface area (Å²) in [5, 5.41) is 23.9. The monoisotopic (exact) mass is 700 g/mol. The summed E-state index contributed by atoms with van der Waals surface area (Å²) in [7, 11) is -2.75. The molecule has 3 heterocycles. The smallest absolute Gasteiger partial charge is 0.301 e. The largest absolute Gasteiger partial charge is 0.482 e. The number of hydrogen-bond donors (Lipinski definition) is 4. The Labute approximate surface area is 287 Å². The normalized spacial score (nSPS) is 32.9. The van der Waals surface area contributed by atoms with Crippen molar-refractivity contribution in [1.82, 2.24) is 19.2 Å². The Kier molecular flexibility index (Phi) is 9.85. The Morgan fingerprint density at radius 1 is 1.23 bits per heavy atom. The van der Waals surface area contributed by atoms with Crippen molar-refractivity contribution in [3.63, 3.8) is 0 Å². The van der Waals surface area contributed by atoms with Gasteiger partial charge in [0, 0.05) is 38.2 Å². The van der Waals surface area contributed by atoms with Crippen LogP contribution in [0.5, 0.6) is 0 Å². The van der Waals surface area contributed by atoms with Crippen molar-refractivity contribution in [3.8, 4) is 0 Å². The van der Waals surface area contributed by atoms with Gasteiger partial charge in [0.1, 0.15) is 5.76 Å². The Morgan fingerprint density at radius 3 is 2.79 bits per heavy atom. The molecule has 1 saturated heterocycles. The van der Waals surface area contributed by atoms with Crippen LogP contribution in [0.25, 0.3) is 0 Å². The zero-order valence-corrected chi connectivity index (χ0v) is 29.0. The molecule has 0 aromatic heterocycles. The molecule has 5 aliphatic rings. The minimum atomic E-state index is -4.31. The van der Waals surface area contributed by atoms with Gasteiger partial charge < -0.3 is 24.7 Å². The molecule has 2 amide bonds. The molecule has 2 aliphatic carbocycles. The highest BCUT2D eigenvalue weighted by molar-refractivity contribution is 7.88. The second-order valence-electron chi connectivity index (χ2n) is 13.7. The fraction of sp³-hybridized carbons (Fsp3) is 0.543. The molecule has 1 unspecified atom stereocenters. The molecule has 4 N–H and O–H groups in total. The number of aliphatic hydroxyl groups is 2. The molecular weight excluding hydrogens is 656 g/mol. The van der Waals surface area contributed by atoms with E-state index in [1.807, 2.05) is 29.1 Å². The summed E-state index contributed by atoms with van der Waals surface area (Å²) in [5.41, 5.74) is -0.518. The van der Waals surface area contributed by atoms with Crippen LogP contribution in [0, 0.1) is 11.8 Å². The highest BCUT2D eigenvalue weighted by atomic mass is 35.5. The molecule has 2 fully saturated rings. The average molecular weight is 701 g/mol.